The van der Waals surface area contributed by atoms with Gasteiger partial charge in [0.1, 0.15) is 0 Å². The van der Waals surface area contributed by atoms with E-state index in [9.17, 15) is 13.5 Å². The largest absolute Gasteiger partial charge is 0.395 e. The first-order chi connectivity index (χ1) is 9.60. The molecule has 0 aliphatic heterocycles. The highest BCUT2D eigenvalue weighted by atomic mass is 32.2. The molecule has 1 aromatic rings. The number of benzene rings is 1. The molecule has 1 aromatic carbocycles. The monoisotopic (exact) mass is 297 g/mol. The van der Waals surface area contributed by atoms with Crippen LogP contribution in [0.2, 0.25) is 0 Å². The van der Waals surface area contributed by atoms with Crippen molar-refractivity contribution in [3.8, 4) is 0 Å². The highest BCUT2D eigenvalue weighted by Crippen LogP contribution is 2.37. The summed E-state index contributed by atoms with van der Waals surface area (Å²) < 4.78 is 26.5. The molecule has 1 aliphatic rings. The first-order valence-electron chi connectivity index (χ1n) is 7.28. The van der Waals surface area contributed by atoms with E-state index in [1.807, 2.05) is 25.1 Å². The molecule has 0 spiro atoms. The second kappa shape index (κ2) is 6.70. The summed E-state index contributed by atoms with van der Waals surface area (Å²) in [6.07, 6.45) is 3.24. The smallest absolute Gasteiger partial charge is 0.214 e. The maximum absolute atomic E-state index is 12.5. The van der Waals surface area contributed by atoms with E-state index >= 15 is 0 Å². The van der Waals surface area contributed by atoms with E-state index in [-0.39, 0.29) is 24.9 Å². The van der Waals surface area contributed by atoms with Crippen molar-refractivity contribution in [3.05, 3.63) is 35.4 Å². The molecule has 4 nitrogen and oxygen atoms in total. The number of rotatable bonds is 7. The topological polar surface area (TPSA) is 57.6 Å². The molecule has 0 aromatic heterocycles. The molecule has 0 saturated carbocycles. The summed E-state index contributed by atoms with van der Waals surface area (Å²) in [5.41, 5.74) is 2.33. The molecular weight excluding hydrogens is 274 g/mol. The number of fused-ring (bicyclic) bond motifs is 1. The molecule has 112 valence electrons. The molecule has 0 saturated heterocycles. The predicted octanol–water partition coefficient (Wildman–Crippen LogP) is 2.10. The van der Waals surface area contributed by atoms with Crippen molar-refractivity contribution in [2.24, 2.45) is 0 Å². The second-order valence-corrected chi connectivity index (χ2v) is 7.30. The predicted molar refractivity (Wildman–Crippen MR) is 80.0 cm³/mol. The molecule has 0 heterocycles. The van der Waals surface area contributed by atoms with Crippen LogP contribution in [0.15, 0.2) is 24.3 Å². The zero-order chi connectivity index (χ0) is 14.6. The van der Waals surface area contributed by atoms with Crippen molar-refractivity contribution in [2.45, 2.75) is 38.6 Å². The third-order valence-corrected chi connectivity index (χ3v) is 5.84. The average Bonchev–Trinajstić information content (AvgIpc) is 2.86. The second-order valence-electron chi connectivity index (χ2n) is 5.26. The van der Waals surface area contributed by atoms with Crippen molar-refractivity contribution in [3.63, 3.8) is 0 Å². The fourth-order valence-corrected chi connectivity index (χ4v) is 4.72. The Bertz CT molecular complexity index is 542. The lowest BCUT2D eigenvalue weighted by Gasteiger charge is -2.28. The molecule has 0 amide bonds. The zero-order valence-corrected chi connectivity index (χ0v) is 12.8. The van der Waals surface area contributed by atoms with Crippen LogP contribution in [-0.4, -0.2) is 36.7 Å². The Hall–Kier alpha value is -0.910. The van der Waals surface area contributed by atoms with Gasteiger partial charge in [0, 0.05) is 6.54 Å². The number of hydrogen-bond donors (Lipinski definition) is 1. The Kier molecular flexibility index (Phi) is 5.18. The quantitative estimate of drug-likeness (QED) is 0.838. The van der Waals surface area contributed by atoms with Gasteiger partial charge >= 0.3 is 0 Å². The third kappa shape index (κ3) is 3.22. The summed E-state index contributed by atoms with van der Waals surface area (Å²) in [5, 5.41) is 9.23. The lowest BCUT2D eigenvalue weighted by Crippen LogP contribution is -2.37. The van der Waals surface area contributed by atoms with Crippen molar-refractivity contribution in [2.75, 3.05) is 18.9 Å². The number of aliphatic hydroxyl groups excluding tert-OH is 1. The van der Waals surface area contributed by atoms with E-state index in [0.717, 1.165) is 24.8 Å². The minimum atomic E-state index is -3.30. The molecule has 20 heavy (non-hydrogen) atoms. The summed E-state index contributed by atoms with van der Waals surface area (Å²) >= 11 is 0. The van der Waals surface area contributed by atoms with Gasteiger partial charge in [0.15, 0.2) is 0 Å². The molecule has 1 aliphatic carbocycles. The van der Waals surface area contributed by atoms with E-state index in [4.69, 9.17) is 0 Å². The molecule has 0 fully saturated rings. The van der Waals surface area contributed by atoms with Crippen LogP contribution in [0.1, 0.15) is 43.4 Å². The van der Waals surface area contributed by atoms with Gasteiger partial charge in [0.05, 0.1) is 18.4 Å². The van der Waals surface area contributed by atoms with Crippen LogP contribution in [0.5, 0.6) is 0 Å². The number of aryl methyl sites for hydroxylation is 1. The van der Waals surface area contributed by atoms with Gasteiger partial charge in [0.2, 0.25) is 10.0 Å². The molecule has 0 radical (unpaired) electrons. The van der Waals surface area contributed by atoms with Crippen LogP contribution in [0.25, 0.3) is 0 Å². The summed E-state index contributed by atoms with van der Waals surface area (Å²) in [6.45, 7) is 2.03. The minimum absolute atomic E-state index is 0.111. The Balaban J connectivity index is 2.26. The van der Waals surface area contributed by atoms with Crippen LogP contribution < -0.4 is 0 Å². The SMILES string of the molecule is CCCCS(=O)(=O)N(CCO)C1CCc2ccccc21. The normalized spacial score (nSPS) is 18.4. The molecule has 1 atom stereocenters. The Morgan fingerprint density at radius 2 is 2.10 bits per heavy atom. The van der Waals surface area contributed by atoms with Crippen molar-refractivity contribution < 1.29 is 13.5 Å². The Labute approximate surface area is 121 Å². The standard InChI is InChI=1S/C15H23NO3S/c1-2-3-12-20(18,19)16(10-11-17)15-9-8-13-6-4-5-7-14(13)15/h4-7,15,17H,2-3,8-12H2,1H3. The molecule has 5 heteroatoms. The average molecular weight is 297 g/mol. The van der Waals surface area contributed by atoms with Gasteiger partial charge in [-0.25, -0.2) is 8.42 Å². The zero-order valence-electron chi connectivity index (χ0n) is 12.0. The lowest BCUT2D eigenvalue weighted by atomic mass is 10.1. The van der Waals surface area contributed by atoms with E-state index in [1.54, 1.807) is 0 Å². The van der Waals surface area contributed by atoms with Crippen LogP contribution in [-0.2, 0) is 16.4 Å². The molecule has 1 N–H and O–H groups in total. The van der Waals surface area contributed by atoms with E-state index < -0.39 is 10.0 Å². The van der Waals surface area contributed by atoms with E-state index in [0.29, 0.717) is 6.42 Å². The van der Waals surface area contributed by atoms with Gasteiger partial charge < -0.3 is 5.11 Å². The van der Waals surface area contributed by atoms with Crippen LogP contribution >= 0.6 is 0 Å². The maximum atomic E-state index is 12.5. The fourth-order valence-electron chi connectivity index (χ4n) is 2.87. The number of nitrogens with zero attached hydrogens (tertiary/aromatic N) is 1. The lowest BCUT2D eigenvalue weighted by molar-refractivity contribution is 0.225. The summed E-state index contributed by atoms with van der Waals surface area (Å²) in [6, 6.07) is 7.90. The molecular formula is C15H23NO3S. The summed E-state index contributed by atoms with van der Waals surface area (Å²) in [5.74, 6) is 0.169. The maximum Gasteiger partial charge on any atom is 0.214 e. The summed E-state index contributed by atoms with van der Waals surface area (Å²) in [4.78, 5) is 0. The number of hydrogen-bond acceptors (Lipinski definition) is 3. The summed E-state index contributed by atoms with van der Waals surface area (Å²) in [7, 11) is -3.30. The van der Waals surface area contributed by atoms with Gasteiger partial charge in [0.25, 0.3) is 0 Å². The van der Waals surface area contributed by atoms with Gasteiger partial charge in [-0.1, -0.05) is 37.6 Å². The third-order valence-electron chi connectivity index (χ3n) is 3.88. The van der Waals surface area contributed by atoms with E-state index in [2.05, 4.69) is 6.07 Å². The highest BCUT2D eigenvalue weighted by Gasteiger charge is 2.34. The minimum Gasteiger partial charge on any atom is -0.395 e. The Morgan fingerprint density at radius 1 is 1.35 bits per heavy atom. The first kappa shape index (κ1) is 15.5. The molecule has 2 rings (SSSR count). The van der Waals surface area contributed by atoms with Crippen LogP contribution in [0.4, 0.5) is 0 Å². The van der Waals surface area contributed by atoms with E-state index in [1.165, 1.54) is 9.87 Å². The first-order valence-corrected chi connectivity index (χ1v) is 8.89. The van der Waals surface area contributed by atoms with Crippen LogP contribution in [0, 0.1) is 0 Å². The van der Waals surface area contributed by atoms with Gasteiger partial charge in [-0.2, -0.15) is 4.31 Å². The van der Waals surface area contributed by atoms with Gasteiger partial charge in [-0.15, -0.1) is 0 Å². The van der Waals surface area contributed by atoms with Crippen LogP contribution in [0.3, 0.4) is 0 Å². The fraction of sp³-hybridized carbons (Fsp3) is 0.600. The van der Waals surface area contributed by atoms with Crippen molar-refractivity contribution in [1.29, 1.82) is 0 Å². The van der Waals surface area contributed by atoms with Crippen molar-refractivity contribution >= 4 is 10.0 Å². The molecule has 0 bridgehead atoms. The van der Waals surface area contributed by atoms with Gasteiger partial charge in [-0.05, 0) is 30.4 Å². The molecule has 1 unspecified atom stereocenters. The number of sulfonamides is 1. The number of unbranched alkanes of at least 4 members (excludes halogenated alkanes) is 1. The van der Waals surface area contributed by atoms with Crippen molar-refractivity contribution in [1.82, 2.24) is 4.31 Å². The van der Waals surface area contributed by atoms with Gasteiger partial charge in [-0.3, -0.25) is 0 Å². The Morgan fingerprint density at radius 3 is 2.80 bits per heavy atom. The highest BCUT2D eigenvalue weighted by molar-refractivity contribution is 7.89. The number of aliphatic hydroxyl groups is 1.